The molecule has 1 unspecified atom stereocenters. The molecule has 3 rings (SSSR count). The minimum atomic E-state index is -5.08. The van der Waals surface area contributed by atoms with E-state index in [2.05, 4.69) is 16.2 Å². The Hall–Kier alpha value is -1.65. The van der Waals surface area contributed by atoms with Crippen LogP contribution in [0.25, 0.3) is 0 Å². The minimum absolute atomic E-state index is 0.129. The first-order valence-electron chi connectivity index (χ1n) is 9.29. The number of aliphatic carboxylic acids is 1. The van der Waals surface area contributed by atoms with Gasteiger partial charge in [0, 0.05) is 58.8 Å². The average molecular weight is 407 g/mol. The van der Waals surface area contributed by atoms with E-state index in [4.69, 9.17) is 19.4 Å². The minimum Gasteiger partial charge on any atom is -0.475 e. The van der Waals surface area contributed by atoms with Crippen LogP contribution in [0.4, 0.5) is 13.2 Å². The zero-order chi connectivity index (χ0) is 20.8. The van der Waals surface area contributed by atoms with E-state index in [1.807, 2.05) is 17.9 Å². The Morgan fingerprint density at radius 3 is 2.57 bits per heavy atom. The molecule has 1 N–H and O–H groups in total. The molecule has 0 amide bonds. The topological polar surface area (TPSA) is 76.8 Å². The van der Waals surface area contributed by atoms with Crippen molar-refractivity contribution in [2.45, 2.75) is 44.0 Å². The maximum atomic E-state index is 10.6. The first-order valence-corrected chi connectivity index (χ1v) is 9.29. The van der Waals surface area contributed by atoms with Gasteiger partial charge in [0.15, 0.2) is 0 Å². The number of piperidine rings is 1. The number of halogens is 3. The highest BCUT2D eigenvalue weighted by molar-refractivity contribution is 5.73. The molecule has 2 fully saturated rings. The molecule has 28 heavy (non-hydrogen) atoms. The smallest absolute Gasteiger partial charge is 0.475 e. The van der Waals surface area contributed by atoms with Gasteiger partial charge in [0.05, 0.1) is 11.8 Å². The molecule has 1 aromatic heterocycles. The summed E-state index contributed by atoms with van der Waals surface area (Å²) in [7, 11) is 3.76. The highest BCUT2D eigenvalue weighted by atomic mass is 19.4. The van der Waals surface area contributed by atoms with Crippen LogP contribution >= 0.6 is 0 Å². The third kappa shape index (κ3) is 6.18. The molecule has 3 heterocycles. The Balaban J connectivity index is 0.000000345. The van der Waals surface area contributed by atoms with Gasteiger partial charge in [-0.05, 0) is 31.6 Å². The molecule has 1 aromatic rings. The highest BCUT2D eigenvalue weighted by Crippen LogP contribution is 2.42. The number of carbonyl (C=O) groups is 1. The van der Waals surface area contributed by atoms with E-state index in [9.17, 15) is 13.2 Å². The lowest BCUT2D eigenvalue weighted by molar-refractivity contribution is -0.192. The lowest BCUT2D eigenvalue weighted by atomic mass is 9.78. The summed E-state index contributed by atoms with van der Waals surface area (Å²) in [5.74, 6) is -2.08. The second-order valence-corrected chi connectivity index (χ2v) is 7.28. The van der Waals surface area contributed by atoms with Crippen molar-refractivity contribution >= 4 is 5.97 Å². The Morgan fingerprint density at radius 2 is 2.07 bits per heavy atom. The van der Waals surface area contributed by atoms with Gasteiger partial charge in [0.25, 0.3) is 0 Å². The summed E-state index contributed by atoms with van der Waals surface area (Å²) < 4.78 is 45.1. The molecular weight excluding hydrogens is 379 g/mol. The number of aromatic nitrogens is 2. The lowest BCUT2D eigenvalue weighted by Crippen LogP contribution is -2.47. The maximum absolute atomic E-state index is 10.6. The molecule has 0 radical (unpaired) electrons. The fourth-order valence-electron chi connectivity index (χ4n) is 3.91. The van der Waals surface area contributed by atoms with Crippen LogP contribution in [0.1, 0.15) is 31.2 Å². The van der Waals surface area contributed by atoms with E-state index in [1.54, 1.807) is 7.11 Å². The molecule has 0 bridgehead atoms. The van der Waals surface area contributed by atoms with E-state index in [-0.39, 0.29) is 5.60 Å². The Kier molecular flexibility index (Phi) is 7.85. The monoisotopic (exact) mass is 407 g/mol. The molecule has 2 aliphatic rings. The summed E-state index contributed by atoms with van der Waals surface area (Å²) in [4.78, 5) is 11.4. The molecule has 0 aromatic carbocycles. The molecule has 7 nitrogen and oxygen atoms in total. The summed E-state index contributed by atoms with van der Waals surface area (Å²) in [6.45, 7) is 5.04. The van der Waals surface area contributed by atoms with E-state index >= 15 is 0 Å². The zero-order valence-electron chi connectivity index (χ0n) is 16.2. The van der Waals surface area contributed by atoms with Gasteiger partial charge in [0.2, 0.25) is 0 Å². The Bertz CT molecular complexity index is 628. The van der Waals surface area contributed by atoms with Crippen LogP contribution < -0.4 is 0 Å². The van der Waals surface area contributed by atoms with Crippen LogP contribution in [0.3, 0.4) is 0 Å². The van der Waals surface area contributed by atoms with Gasteiger partial charge in [-0.25, -0.2) is 4.79 Å². The summed E-state index contributed by atoms with van der Waals surface area (Å²) >= 11 is 0. The normalized spacial score (nSPS) is 22.1. The van der Waals surface area contributed by atoms with Crippen LogP contribution in [0, 0.1) is 5.92 Å². The van der Waals surface area contributed by atoms with Crippen molar-refractivity contribution in [2.24, 2.45) is 13.0 Å². The van der Waals surface area contributed by atoms with Gasteiger partial charge in [-0.1, -0.05) is 0 Å². The molecular formula is C18H28F3N3O4. The molecule has 0 saturated carbocycles. The zero-order valence-corrected chi connectivity index (χ0v) is 16.2. The fraction of sp³-hybridized carbons (Fsp3) is 0.778. The maximum Gasteiger partial charge on any atom is 0.490 e. The van der Waals surface area contributed by atoms with E-state index in [0.717, 1.165) is 52.1 Å². The molecule has 2 aliphatic heterocycles. The van der Waals surface area contributed by atoms with Crippen molar-refractivity contribution < 1.29 is 32.5 Å². The van der Waals surface area contributed by atoms with Crippen molar-refractivity contribution in [3.8, 4) is 0 Å². The predicted molar refractivity (Wildman–Crippen MR) is 94.7 cm³/mol. The van der Waals surface area contributed by atoms with Crippen LogP contribution in [-0.4, -0.2) is 70.9 Å². The SMILES string of the molecule is COCCC1CCOC12CCN(Cc1cnn(C)c1)CC2.O=C(O)C(F)(F)F. The number of hydrogen-bond donors (Lipinski definition) is 1. The van der Waals surface area contributed by atoms with Crippen molar-refractivity contribution in [1.82, 2.24) is 14.7 Å². The number of methoxy groups -OCH3 is 1. The van der Waals surface area contributed by atoms with Crippen molar-refractivity contribution in [3.05, 3.63) is 18.0 Å². The number of rotatable bonds is 5. The molecule has 1 atom stereocenters. The van der Waals surface area contributed by atoms with Crippen LogP contribution in [-0.2, 0) is 27.9 Å². The van der Waals surface area contributed by atoms with Gasteiger partial charge >= 0.3 is 12.1 Å². The van der Waals surface area contributed by atoms with E-state index in [0.29, 0.717) is 5.92 Å². The van der Waals surface area contributed by atoms with Gasteiger partial charge in [-0.3, -0.25) is 9.58 Å². The molecule has 0 aliphatic carbocycles. The Morgan fingerprint density at radius 1 is 1.43 bits per heavy atom. The standard InChI is InChI=1S/C16H27N3O2.C2HF3O2/c1-18-12-14(11-17-18)13-19-7-5-16(6-8-19)15(3-9-20-2)4-10-21-16;3-2(4,5)1(6)7/h11-12,15H,3-10,13H2,1-2H3;(H,6,7). The third-order valence-corrected chi connectivity index (χ3v) is 5.38. The first-order chi connectivity index (χ1) is 13.2. The average Bonchev–Trinajstić information content (AvgIpc) is 3.21. The molecule has 2 saturated heterocycles. The van der Waals surface area contributed by atoms with Gasteiger partial charge in [0.1, 0.15) is 0 Å². The number of alkyl halides is 3. The first kappa shape index (κ1) is 22.6. The number of carboxylic acids is 1. The number of ether oxygens (including phenoxy) is 2. The van der Waals surface area contributed by atoms with Crippen LogP contribution in [0.5, 0.6) is 0 Å². The number of nitrogens with zero attached hydrogens (tertiary/aromatic N) is 3. The summed E-state index contributed by atoms with van der Waals surface area (Å²) in [5, 5.41) is 11.4. The van der Waals surface area contributed by atoms with Gasteiger partial charge in [-0.15, -0.1) is 0 Å². The van der Waals surface area contributed by atoms with E-state index in [1.165, 1.54) is 12.0 Å². The van der Waals surface area contributed by atoms with E-state index < -0.39 is 12.1 Å². The van der Waals surface area contributed by atoms with Crippen molar-refractivity contribution in [2.75, 3.05) is 33.4 Å². The number of hydrogen-bond acceptors (Lipinski definition) is 5. The lowest BCUT2D eigenvalue weighted by Gasteiger charge is -2.42. The number of likely N-dealkylation sites (tertiary alicyclic amines) is 1. The fourth-order valence-corrected chi connectivity index (χ4v) is 3.91. The molecule has 1 spiro atoms. The van der Waals surface area contributed by atoms with Gasteiger partial charge in [-0.2, -0.15) is 18.3 Å². The van der Waals surface area contributed by atoms with Gasteiger partial charge < -0.3 is 14.6 Å². The van der Waals surface area contributed by atoms with Crippen molar-refractivity contribution in [3.63, 3.8) is 0 Å². The number of aryl methyl sites for hydroxylation is 1. The summed E-state index contributed by atoms with van der Waals surface area (Å²) in [6.07, 6.45) is 3.64. The Labute approximate surface area is 162 Å². The van der Waals surface area contributed by atoms with Crippen molar-refractivity contribution in [1.29, 1.82) is 0 Å². The van der Waals surface area contributed by atoms with Crippen LogP contribution in [0.2, 0.25) is 0 Å². The highest BCUT2D eigenvalue weighted by Gasteiger charge is 2.45. The predicted octanol–water partition coefficient (Wildman–Crippen LogP) is 2.46. The van der Waals surface area contributed by atoms with Crippen LogP contribution in [0.15, 0.2) is 12.4 Å². The largest absolute Gasteiger partial charge is 0.490 e. The number of carboxylic acid groups (broad SMARTS) is 1. The quantitative estimate of drug-likeness (QED) is 0.808. The summed E-state index contributed by atoms with van der Waals surface area (Å²) in [5.41, 5.74) is 1.43. The second kappa shape index (κ2) is 9.71. The molecule has 160 valence electrons. The molecule has 10 heteroatoms. The third-order valence-electron chi connectivity index (χ3n) is 5.38. The second-order valence-electron chi connectivity index (χ2n) is 7.28. The summed E-state index contributed by atoms with van der Waals surface area (Å²) in [6, 6.07) is 0.